The molecule has 0 bridgehead atoms. The van der Waals surface area contributed by atoms with Crippen LogP contribution in [0.25, 0.3) is 0 Å². The molecule has 1 aromatic rings. The number of hydrogen-bond acceptors (Lipinski definition) is 3. The molecule has 0 aromatic heterocycles. The number of rotatable bonds is 7. The fourth-order valence-electron chi connectivity index (χ4n) is 2.03. The lowest BCUT2D eigenvalue weighted by Crippen LogP contribution is -2.24. The molecule has 100 valence electrons. The molecule has 0 fully saturated rings. The van der Waals surface area contributed by atoms with Gasteiger partial charge in [-0.3, -0.25) is 4.79 Å². The molecule has 0 saturated carbocycles. The molecule has 0 heterocycles. The Morgan fingerprint density at radius 3 is 2.33 bits per heavy atom. The van der Waals surface area contributed by atoms with Gasteiger partial charge in [0.1, 0.15) is 11.5 Å². The van der Waals surface area contributed by atoms with Crippen molar-refractivity contribution in [2.24, 2.45) is 5.92 Å². The highest BCUT2D eigenvalue weighted by atomic mass is 16.5. The molecule has 1 N–H and O–H groups in total. The van der Waals surface area contributed by atoms with Crippen LogP contribution in [0.4, 0.5) is 5.69 Å². The van der Waals surface area contributed by atoms with E-state index in [9.17, 15) is 4.79 Å². The van der Waals surface area contributed by atoms with E-state index in [1.807, 2.05) is 24.3 Å². The molecule has 0 unspecified atom stereocenters. The average molecular weight is 249 g/mol. The molecule has 0 saturated heterocycles. The number of anilines is 1. The van der Waals surface area contributed by atoms with Gasteiger partial charge in [0.15, 0.2) is 0 Å². The van der Waals surface area contributed by atoms with E-state index < -0.39 is 0 Å². The van der Waals surface area contributed by atoms with E-state index in [1.54, 1.807) is 14.0 Å². The molecule has 0 aliphatic heterocycles. The third-order valence-electron chi connectivity index (χ3n) is 2.75. The number of carbonyl (C=O) groups is 1. The molecule has 3 heteroatoms. The van der Waals surface area contributed by atoms with Crippen molar-refractivity contribution in [1.29, 1.82) is 0 Å². The lowest BCUT2D eigenvalue weighted by atomic mass is 9.99. The summed E-state index contributed by atoms with van der Waals surface area (Å²) in [6.45, 7) is 5.98. The Kier molecular flexibility index (Phi) is 5.69. The Morgan fingerprint density at radius 2 is 1.89 bits per heavy atom. The second-order valence-corrected chi connectivity index (χ2v) is 5.11. The summed E-state index contributed by atoms with van der Waals surface area (Å²) < 4.78 is 5.12. The normalized spacial score (nSPS) is 12.3. The maximum atomic E-state index is 11.3. The molecule has 1 aromatic carbocycles. The predicted octanol–water partition coefficient (Wildman–Crippen LogP) is 3.50. The zero-order valence-electron chi connectivity index (χ0n) is 11.7. The number of methoxy groups -OCH3 is 1. The minimum atomic E-state index is 0.205. The van der Waals surface area contributed by atoms with Gasteiger partial charge >= 0.3 is 0 Å². The highest BCUT2D eigenvalue weighted by Crippen LogP contribution is 2.19. The van der Waals surface area contributed by atoms with Gasteiger partial charge in [0.05, 0.1) is 7.11 Å². The molecular formula is C15H23NO2. The number of hydrogen-bond donors (Lipinski definition) is 1. The third-order valence-corrected chi connectivity index (χ3v) is 2.75. The summed E-state index contributed by atoms with van der Waals surface area (Å²) >= 11 is 0. The second-order valence-electron chi connectivity index (χ2n) is 5.11. The minimum Gasteiger partial charge on any atom is -0.497 e. The molecular weight excluding hydrogens is 226 g/mol. The fraction of sp³-hybridized carbons (Fsp3) is 0.533. The summed E-state index contributed by atoms with van der Waals surface area (Å²) in [6, 6.07) is 8.00. The topological polar surface area (TPSA) is 38.3 Å². The Balaban J connectivity index is 2.65. The minimum absolute atomic E-state index is 0.205. The van der Waals surface area contributed by atoms with Crippen LogP contribution in [-0.2, 0) is 4.79 Å². The van der Waals surface area contributed by atoms with Crippen LogP contribution in [-0.4, -0.2) is 18.9 Å². The summed E-state index contributed by atoms with van der Waals surface area (Å²) in [7, 11) is 1.65. The van der Waals surface area contributed by atoms with Crippen LogP contribution in [0, 0.1) is 5.92 Å². The lowest BCUT2D eigenvalue weighted by Gasteiger charge is -2.20. The number of ketones is 1. The average Bonchev–Trinajstić information content (AvgIpc) is 2.28. The van der Waals surface area contributed by atoms with Crippen LogP contribution in [0.5, 0.6) is 5.75 Å². The van der Waals surface area contributed by atoms with Gasteiger partial charge in [-0.05, 0) is 43.5 Å². The van der Waals surface area contributed by atoms with Gasteiger partial charge in [0.25, 0.3) is 0 Å². The highest BCUT2D eigenvalue weighted by Gasteiger charge is 2.13. The smallest absolute Gasteiger partial charge is 0.131 e. The molecule has 0 radical (unpaired) electrons. The SMILES string of the molecule is COc1ccc(N[C@H](CC(C)=O)CC(C)C)cc1. The Hall–Kier alpha value is -1.51. The Labute approximate surface area is 110 Å². The highest BCUT2D eigenvalue weighted by molar-refractivity contribution is 5.76. The lowest BCUT2D eigenvalue weighted by molar-refractivity contribution is -0.117. The molecule has 3 nitrogen and oxygen atoms in total. The van der Waals surface area contributed by atoms with Crippen LogP contribution >= 0.6 is 0 Å². The summed E-state index contributed by atoms with van der Waals surface area (Å²) in [4.78, 5) is 11.3. The number of ether oxygens (including phenoxy) is 1. The van der Waals surface area contributed by atoms with Crippen molar-refractivity contribution in [2.75, 3.05) is 12.4 Å². The van der Waals surface area contributed by atoms with Crippen molar-refractivity contribution in [2.45, 2.75) is 39.7 Å². The molecule has 1 rings (SSSR count). The van der Waals surface area contributed by atoms with E-state index in [0.29, 0.717) is 12.3 Å². The van der Waals surface area contributed by atoms with Crippen molar-refractivity contribution in [3.05, 3.63) is 24.3 Å². The van der Waals surface area contributed by atoms with Gasteiger partial charge in [0.2, 0.25) is 0 Å². The predicted molar refractivity (Wildman–Crippen MR) is 75.2 cm³/mol. The molecule has 0 aliphatic rings. The first-order valence-corrected chi connectivity index (χ1v) is 6.41. The molecule has 0 spiro atoms. The molecule has 0 amide bonds. The van der Waals surface area contributed by atoms with E-state index in [4.69, 9.17) is 4.74 Å². The standard InChI is InChI=1S/C15H23NO2/c1-11(2)9-14(10-12(3)17)16-13-5-7-15(18-4)8-6-13/h5-8,11,14,16H,9-10H2,1-4H3/t14-/m0/s1. The molecule has 1 atom stereocenters. The van der Waals surface area contributed by atoms with Crippen LogP contribution in [0.15, 0.2) is 24.3 Å². The quantitative estimate of drug-likeness (QED) is 0.803. The van der Waals surface area contributed by atoms with E-state index in [-0.39, 0.29) is 11.8 Å². The zero-order valence-corrected chi connectivity index (χ0v) is 11.7. The van der Waals surface area contributed by atoms with Crippen LogP contribution in [0.1, 0.15) is 33.6 Å². The van der Waals surface area contributed by atoms with Gasteiger partial charge in [-0.15, -0.1) is 0 Å². The number of nitrogens with one attached hydrogen (secondary N) is 1. The number of Topliss-reactive ketones (excluding diaryl/α,β-unsaturated/α-hetero) is 1. The summed E-state index contributed by atoms with van der Waals surface area (Å²) in [6.07, 6.45) is 1.57. The largest absolute Gasteiger partial charge is 0.497 e. The maximum absolute atomic E-state index is 11.3. The van der Waals surface area contributed by atoms with E-state index in [0.717, 1.165) is 17.9 Å². The van der Waals surface area contributed by atoms with Gasteiger partial charge in [-0.2, -0.15) is 0 Å². The molecule has 0 aliphatic carbocycles. The van der Waals surface area contributed by atoms with Crippen molar-refractivity contribution in [1.82, 2.24) is 0 Å². The van der Waals surface area contributed by atoms with Gasteiger partial charge < -0.3 is 10.1 Å². The van der Waals surface area contributed by atoms with Gasteiger partial charge in [-0.25, -0.2) is 0 Å². The number of carbonyl (C=O) groups excluding carboxylic acids is 1. The van der Waals surface area contributed by atoms with E-state index in [2.05, 4.69) is 19.2 Å². The second kappa shape index (κ2) is 7.04. The summed E-state index contributed by atoms with van der Waals surface area (Å²) in [5, 5.41) is 3.42. The van der Waals surface area contributed by atoms with Gasteiger partial charge in [0, 0.05) is 18.2 Å². The number of benzene rings is 1. The van der Waals surface area contributed by atoms with Crippen LogP contribution in [0.3, 0.4) is 0 Å². The maximum Gasteiger partial charge on any atom is 0.131 e. The summed E-state index contributed by atoms with van der Waals surface area (Å²) in [5.74, 6) is 1.63. The monoisotopic (exact) mass is 249 g/mol. The van der Waals surface area contributed by atoms with Crippen molar-refractivity contribution < 1.29 is 9.53 Å². The van der Waals surface area contributed by atoms with E-state index in [1.165, 1.54) is 0 Å². The third kappa shape index (κ3) is 5.21. The molecule has 18 heavy (non-hydrogen) atoms. The zero-order chi connectivity index (χ0) is 13.5. The van der Waals surface area contributed by atoms with Gasteiger partial charge in [-0.1, -0.05) is 13.8 Å². The van der Waals surface area contributed by atoms with Crippen LogP contribution < -0.4 is 10.1 Å². The Morgan fingerprint density at radius 1 is 1.28 bits per heavy atom. The van der Waals surface area contributed by atoms with Crippen molar-refractivity contribution in [3.63, 3.8) is 0 Å². The van der Waals surface area contributed by atoms with E-state index >= 15 is 0 Å². The Bertz CT molecular complexity index is 371. The first kappa shape index (κ1) is 14.6. The first-order valence-electron chi connectivity index (χ1n) is 6.41. The van der Waals surface area contributed by atoms with Crippen molar-refractivity contribution >= 4 is 11.5 Å². The fourth-order valence-corrected chi connectivity index (χ4v) is 2.03. The van der Waals surface area contributed by atoms with Crippen LogP contribution in [0.2, 0.25) is 0 Å². The summed E-state index contributed by atoms with van der Waals surface area (Å²) in [5.41, 5.74) is 1.03. The first-order chi connectivity index (χ1) is 8.51. The van der Waals surface area contributed by atoms with Crippen molar-refractivity contribution in [3.8, 4) is 5.75 Å².